The van der Waals surface area contributed by atoms with E-state index in [1.165, 1.54) is 148 Å². The Balaban J connectivity index is 0.000000126. The van der Waals surface area contributed by atoms with Crippen LogP contribution in [0.5, 0.6) is 5.75 Å². The molecule has 8 nitrogen and oxygen atoms in total. The van der Waals surface area contributed by atoms with E-state index in [1.54, 1.807) is 0 Å². The highest BCUT2D eigenvalue weighted by Gasteiger charge is 2.34. The summed E-state index contributed by atoms with van der Waals surface area (Å²) in [5.74, 6) is 0.899. The van der Waals surface area contributed by atoms with Crippen LogP contribution < -0.4 is 10.1 Å². The molecule has 0 amide bonds. The van der Waals surface area contributed by atoms with Gasteiger partial charge in [-0.05, 0) is 239 Å². The van der Waals surface area contributed by atoms with Gasteiger partial charge in [0.1, 0.15) is 5.75 Å². The highest BCUT2D eigenvalue weighted by Crippen LogP contribution is 2.52. The number of hydrogen-bond donors (Lipinski definition) is 1. The molecule has 117 heavy (non-hydrogen) atoms. The van der Waals surface area contributed by atoms with Crippen molar-refractivity contribution in [1.29, 1.82) is 0 Å². The summed E-state index contributed by atoms with van der Waals surface area (Å²) in [6, 6.07) is 87.3. The third-order valence-electron chi connectivity index (χ3n) is 23.3. The number of fused-ring (bicyclic) bond motifs is 13. The molecule has 0 bridgehead atoms. The monoisotopic (exact) mass is 1530 g/mol. The highest BCUT2D eigenvalue weighted by molar-refractivity contribution is 6.20. The molecule has 19 rings (SSSR count). The van der Waals surface area contributed by atoms with Crippen molar-refractivity contribution >= 4 is 103 Å². The number of benzene rings is 12. The van der Waals surface area contributed by atoms with Crippen molar-refractivity contribution < 1.29 is 4.74 Å². The van der Waals surface area contributed by atoms with Gasteiger partial charge in [0, 0.05) is 92.4 Å². The van der Waals surface area contributed by atoms with Crippen LogP contribution in [0.25, 0.3) is 153 Å². The standard InChI is InChI=1S/C38H36N2O.C36H34N2.C35H33N3/c1-37(2,3)33-28-20-17-24-10-9-21-39-35(24)32(28)34(38(4,5)6)27-19-18-26(22-29(27)33)23-13-15-25(16-14-23)36-40-30-11-7-8-12-31(30)41-36;1-35(2,3)32-29-15-12-24-11-8-18-38-34(24)31(29)33(36(4,5)6)28-14-13-27(22-30(28)32)26-10-7-9-25(21-26)23-16-19-37-20-17-23;1-34(2,3)31-26-15-12-23-9-8-18-37-33(23)30(26)32(35(4,5)6)25-14-13-24(21-27(25)31)29-11-7-10-28(38-29)22-16-19-36-20-17-22/h7-22,36,40H,1-6H3;7-22H,1-6H3;7-21H,1-6H3. The average Bonchev–Trinajstić information content (AvgIpc) is 1.20. The Labute approximate surface area is 688 Å². The summed E-state index contributed by atoms with van der Waals surface area (Å²) >= 11 is 0. The minimum atomic E-state index is -0.172. The van der Waals surface area contributed by atoms with Crippen LogP contribution in [0.2, 0.25) is 0 Å². The molecule has 0 spiro atoms. The third-order valence-corrected chi connectivity index (χ3v) is 23.3. The second kappa shape index (κ2) is 29.3. The van der Waals surface area contributed by atoms with Gasteiger partial charge in [-0.25, -0.2) is 4.98 Å². The zero-order chi connectivity index (χ0) is 81.8. The van der Waals surface area contributed by atoms with Gasteiger partial charge in [-0.2, -0.15) is 0 Å². The van der Waals surface area contributed by atoms with E-state index in [9.17, 15) is 0 Å². The summed E-state index contributed by atoms with van der Waals surface area (Å²) in [6.07, 6.45) is 12.9. The number of anilines is 1. The number of pyridine rings is 6. The maximum Gasteiger partial charge on any atom is 0.196 e. The molecular weight excluding hydrogens is 1420 g/mol. The lowest BCUT2D eigenvalue weighted by Gasteiger charge is -2.31. The zero-order valence-electron chi connectivity index (χ0n) is 70.8. The third kappa shape index (κ3) is 14.5. The highest BCUT2D eigenvalue weighted by atomic mass is 16.5. The van der Waals surface area contributed by atoms with Crippen LogP contribution >= 0.6 is 0 Å². The van der Waals surface area contributed by atoms with E-state index in [0.29, 0.717) is 0 Å². The molecule has 8 heteroatoms. The molecule has 6 aromatic heterocycles. The molecule has 580 valence electrons. The van der Waals surface area contributed by atoms with Crippen LogP contribution in [0.1, 0.15) is 170 Å². The van der Waals surface area contributed by atoms with Gasteiger partial charge in [-0.3, -0.25) is 24.9 Å². The smallest absolute Gasteiger partial charge is 0.196 e. The van der Waals surface area contributed by atoms with Gasteiger partial charge in [0.15, 0.2) is 6.23 Å². The summed E-state index contributed by atoms with van der Waals surface area (Å²) in [5.41, 5.74) is 24.6. The first-order valence-corrected chi connectivity index (χ1v) is 41.2. The molecule has 18 aromatic rings. The van der Waals surface area contributed by atoms with E-state index < -0.39 is 0 Å². The normalized spacial score (nSPS) is 13.4. The van der Waals surface area contributed by atoms with Crippen LogP contribution in [-0.4, -0.2) is 29.9 Å². The van der Waals surface area contributed by atoms with Crippen LogP contribution in [0.4, 0.5) is 5.69 Å². The Morgan fingerprint density at radius 3 is 1.03 bits per heavy atom. The topological polar surface area (TPSA) is 98.6 Å². The number of ether oxygens (including phenoxy) is 1. The Morgan fingerprint density at radius 2 is 0.598 bits per heavy atom. The maximum absolute atomic E-state index is 6.15. The number of hydrogen-bond acceptors (Lipinski definition) is 8. The van der Waals surface area contributed by atoms with E-state index >= 15 is 0 Å². The SMILES string of the molecule is CC(C)(C)c1c2cc(-c3ccc(C4Nc5ccccc5O4)cc3)ccc2c(C(C)(C)C)c2c1ccc1cccnc12.CC(C)(C)c1c2cc(-c3cccc(-c4ccncc4)c3)ccc2c(C(C)(C)C)c2c1ccc1cccnc12.CC(C)(C)c1c2cc(-c3cccc(-c4ccncc4)n3)ccc2c(C(C)(C)C)c2c1ccc1cccnc12. The fourth-order valence-corrected chi connectivity index (χ4v) is 18.5. The second-order valence-corrected chi connectivity index (χ2v) is 37.9. The molecular formula is C109H103N7O. The largest absolute Gasteiger partial charge is 0.464 e. The maximum atomic E-state index is 6.15. The summed E-state index contributed by atoms with van der Waals surface area (Å²) in [4.78, 5) is 28.1. The molecule has 1 aliphatic heterocycles. The first-order valence-electron chi connectivity index (χ1n) is 41.2. The molecule has 12 aromatic carbocycles. The molecule has 1 N–H and O–H groups in total. The van der Waals surface area contributed by atoms with Gasteiger partial charge in [0.25, 0.3) is 0 Å². The Bertz CT molecular complexity index is 6620. The molecule has 1 unspecified atom stereocenters. The second-order valence-electron chi connectivity index (χ2n) is 37.9. The van der Waals surface area contributed by atoms with Crippen molar-refractivity contribution in [3.8, 4) is 61.6 Å². The van der Waals surface area contributed by atoms with E-state index in [0.717, 1.165) is 56.1 Å². The van der Waals surface area contributed by atoms with Gasteiger partial charge in [-0.1, -0.05) is 276 Å². The number of aromatic nitrogens is 6. The molecule has 0 aliphatic carbocycles. The van der Waals surface area contributed by atoms with Crippen LogP contribution in [-0.2, 0) is 32.5 Å². The van der Waals surface area contributed by atoms with Crippen molar-refractivity contribution in [3.05, 3.63) is 325 Å². The predicted molar refractivity (Wildman–Crippen MR) is 496 cm³/mol. The summed E-state index contributed by atoms with van der Waals surface area (Å²) in [6.45, 7) is 41.8. The van der Waals surface area contributed by atoms with Crippen LogP contribution in [0.15, 0.2) is 286 Å². The lowest BCUT2D eigenvalue weighted by molar-refractivity contribution is 0.260. The van der Waals surface area contributed by atoms with Gasteiger partial charge < -0.3 is 10.1 Å². The van der Waals surface area contributed by atoms with Crippen molar-refractivity contribution in [2.75, 3.05) is 5.32 Å². The van der Waals surface area contributed by atoms with Crippen molar-refractivity contribution in [3.63, 3.8) is 0 Å². The average molecular weight is 1530 g/mol. The first kappa shape index (κ1) is 77.1. The minimum Gasteiger partial charge on any atom is -0.464 e. The van der Waals surface area contributed by atoms with E-state index in [2.05, 4.69) is 334 Å². The molecule has 7 heterocycles. The minimum absolute atomic E-state index is 0.0487. The van der Waals surface area contributed by atoms with Crippen molar-refractivity contribution in [1.82, 2.24) is 29.9 Å². The molecule has 0 saturated carbocycles. The molecule has 0 fully saturated rings. The molecule has 1 atom stereocenters. The van der Waals surface area contributed by atoms with Gasteiger partial charge in [0.2, 0.25) is 0 Å². The van der Waals surface area contributed by atoms with Gasteiger partial charge in [0.05, 0.1) is 33.6 Å². The Kier molecular flexibility index (Phi) is 19.3. The predicted octanol–water partition coefficient (Wildman–Crippen LogP) is 29.4. The van der Waals surface area contributed by atoms with Crippen molar-refractivity contribution in [2.45, 2.75) is 163 Å². The Morgan fingerprint density at radius 1 is 0.256 bits per heavy atom. The number of nitrogens with one attached hydrogen (secondary N) is 1. The fourth-order valence-electron chi connectivity index (χ4n) is 18.5. The summed E-state index contributed by atoms with van der Waals surface area (Å²) < 4.78 is 6.15. The number of para-hydroxylation sites is 2. The number of rotatable bonds is 6. The molecule has 0 saturated heterocycles. The van der Waals surface area contributed by atoms with Crippen LogP contribution in [0.3, 0.4) is 0 Å². The summed E-state index contributed by atoms with van der Waals surface area (Å²) in [7, 11) is 0. The molecule has 0 radical (unpaired) electrons. The van der Waals surface area contributed by atoms with Crippen molar-refractivity contribution in [2.24, 2.45) is 0 Å². The van der Waals surface area contributed by atoms with Gasteiger partial charge in [-0.15, -0.1) is 0 Å². The van der Waals surface area contributed by atoms with E-state index in [1.807, 2.05) is 91.9 Å². The zero-order valence-corrected chi connectivity index (χ0v) is 70.8. The molecule has 1 aliphatic rings. The number of nitrogens with zero attached hydrogens (tertiary/aromatic N) is 6. The van der Waals surface area contributed by atoms with Gasteiger partial charge >= 0.3 is 0 Å². The van der Waals surface area contributed by atoms with Crippen LogP contribution in [0, 0.1) is 0 Å². The Hall–Kier alpha value is -12.5. The lowest BCUT2D eigenvalue weighted by atomic mass is 9.73. The quantitative estimate of drug-likeness (QED) is 0.130. The van der Waals surface area contributed by atoms with E-state index in [4.69, 9.17) is 24.7 Å². The van der Waals surface area contributed by atoms with E-state index in [-0.39, 0.29) is 38.7 Å². The lowest BCUT2D eigenvalue weighted by Crippen LogP contribution is -2.18. The first-order chi connectivity index (χ1) is 55.8. The summed E-state index contributed by atoms with van der Waals surface area (Å²) in [5, 5.41) is 22.7. The fraction of sp³-hybridized carbons (Fsp3) is 0.229.